The van der Waals surface area contributed by atoms with E-state index in [1.54, 1.807) is 36.4 Å². The Morgan fingerprint density at radius 1 is 1.28 bits per heavy atom. The summed E-state index contributed by atoms with van der Waals surface area (Å²) in [6, 6.07) is 8.48. The van der Waals surface area contributed by atoms with E-state index in [1.807, 2.05) is 0 Å². The van der Waals surface area contributed by atoms with E-state index >= 15 is 0 Å². The van der Waals surface area contributed by atoms with Crippen LogP contribution in [0.15, 0.2) is 39.6 Å². The number of aromatic hydroxyl groups is 1. The van der Waals surface area contributed by atoms with Gasteiger partial charge in [-0.05, 0) is 51.8 Å². The van der Waals surface area contributed by atoms with Crippen molar-refractivity contribution in [2.24, 2.45) is 0 Å². The lowest BCUT2D eigenvalue weighted by molar-refractivity contribution is -0.387. The largest absolute Gasteiger partial charge is 0.493 e. The molecule has 32 heavy (non-hydrogen) atoms. The van der Waals surface area contributed by atoms with Crippen LogP contribution < -0.4 is 15.0 Å². The van der Waals surface area contributed by atoms with Gasteiger partial charge in [0.1, 0.15) is 12.4 Å². The molecular formula is C20H14BrCl2N3O6. The summed E-state index contributed by atoms with van der Waals surface area (Å²) in [7, 11) is 1.48. The monoisotopic (exact) mass is 541 g/mol. The van der Waals surface area contributed by atoms with Crippen LogP contribution >= 0.6 is 39.1 Å². The van der Waals surface area contributed by atoms with Crippen molar-refractivity contribution in [3.8, 4) is 17.4 Å². The Morgan fingerprint density at radius 3 is 2.66 bits per heavy atom. The molecule has 0 unspecified atom stereocenters. The maximum atomic E-state index is 11.8. The van der Waals surface area contributed by atoms with Crippen LogP contribution in [-0.4, -0.2) is 27.1 Å². The van der Waals surface area contributed by atoms with Crippen LogP contribution in [0.5, 0.6) is 17.4 Å². The van der Waals surface area contributed by atoms with E-state index in [9.17, 15) is 20.0 Å². The first-order chi connectivity index (χ1) is 15.2. The van der Waals surface area contributed by atoms with Gasteiger partial charge in [0, 0.05) is 15.6 Å². The van der Waals surface area contributed by atoms with Crippen LogP contribution in [0.2, 0.25) is 10.0 Å². The normalized spacial score (nSPS) is 11.0. The van der Waals surface area contributed by atoms with Crippen LogP contribution in [0.1, 0.15) is 17.0 Å². The number of H-pyrrole nitrogens is 1. The molecule has 0 bridgehead atoms. The average molecular weight is 543 g/mol. The number of aromatic nitrogens is 2. The maximum absolute atomic E-state index is 11.8. The summed E-state index contributed by atoms with van der Waals surface area (Å²) in [6.45, 7) is 0.174. The molecule has 3 aromatic rings. The third kappa shape index (κ3) is 5.39. The van der Waals surface area contributed by atoms with Crippen molar-refractivity contribution in [3.05, 3.63) is 82.3 Å². The Labute approximate surface area is 199 Å². The van der Waals surface area contributed by atoms with Crippen molar-refractivity contribution >= 4 is 57.0 Å². The molecule has 0 aliphatic heterocycles. The molecule has 0 aliphatic carbocycles. The predicted octanol–water partition coefficient (Wildman–Crippen LogP) is 5.21. The van der Waals surface area contributed by atoms with Gasteiger partial charge in [-0.1, -0.05) is 35.3 Å². The number of nitrogens with one attached hydrogen (secondary N) is 1. The fourth-order valence-electron chi connectivity index (χ4n) is 2.66. The molecule has 2 N–H and O–H groups in total. The Bertz CT molecular complexity index is 1280. The molecular weight excluding hydrogens is 529 g/mol. The molecule has 0 saturated carbocycles. The van der Waals surface area contributed by atoms with Crippen molar-refractivity contribution < 1.29 is 19.5 Å². The molecule has 12 heteroatoms. The van der Waals surface area contributed by atoms with Gasteiger partial charge in [-0.3, -0.25) is 14.9 Å². The number of benzene rings is 2. The SMILES string of the molecule is COc1cc(C=Cc2nc(O)c([N+](=O)[O-])c(=O)[nH]2)cc(Br)c1OCc1ccc(Cl)cc1Cl. The lowest BCUT2D eigenvalue weighted by Crippen LogP contribution is -2.14. The van der Waals surface area contributed by atoms with Gasteiger partial charge in [0.2, 0.25) is 0 Å². The molecule has 0 aliphatic rings. The molecule has 1 heterocycles. The smallest absolute Gasteiger partial charge is 0.395 e. The number of ether oxygens (including phenoxy) is 2. The highest BCUT2D eigenvalue weighted by Crippen LogP contribution is 2.38. The molecule has 0 radical (unpaired) electrons. The van der Waals surface area contributed by atoms with Crippen molar-refractivity contribution in [1.82, 2.24) is 9.97 Å². The van der Waals surface area contributed by atoms with Crippen LogP contribution in [-0.2, 0) is 6.61 Å². The van der Waals surface area contributed by atoms with Crippen molar-refractivity contribution in [3.63, 3.8) is 0 Å². The Balaban J connectivity index is 1.84. The van der Waals surface area contributed by atoms with E-state index < -0.39 is 22.0 Å². The fourth-order valence-corrected chi connectivity index (χ4v) is 3.69. The van der Waals surface area contributed by atoms with Crippen molar-refractivity contribution in [2.45, 2.75) is 6.61 Å². The van der Waals surface area contributed by atoms with E-state index in [0.717, 1.165) is 5.56 Å². The van der Waals surface area contributed by atoms with E-state index in [-0.39, 0.29) is 12.4 Å². The van der Waals surface area contributed by atoms with E-state index in [4.69, 9.17) is 32.7 Å². The fraction of sp³-hybridized carbons (Fsp3) is 0.100. The number of aromatic amines is 1. The number of rotatable bonds is 7. The third-order valence-corrected chi connectivity index (χ3v) is 5.33. The summed E-state index contributed by atoms with van der Waals surface area (Å²) < 4.78 is 11.9. The summed E-state index contributed by atoms with van der Waals surface area (Å²) in [4.78, 5) is 27.4. The molecule has 0 fully saturated rings. The number of nitrogens with zero attached hydrogens (tertiary/aromatic N) is 2. The molecule has 0 atom stereocenters. The van der Waals surface area contributed by atoms with Crippen LogP contribution in [0.25, 0.3) is 12.2 Å². The average Bonchev–Trinajstić information content (AvgIpc) is 2.71. The summed E-state index contributed by atoms with van der Waals surface area (Å²) in [5.41, 5.74) is -0.715. The lowest BCUT2D eigenvalue weighted by atomic mass is 10.2. The number of hydrogen-bond donors (Lipinski definition) is 2. The Kier molecular flexibility index (Phi) is 7.39. The minimum atomic E-state index is -1.06. The summed E-state index contributed by atoms with van der Waals surface area (Å²) in [5, 5.41) is 21.4. The van der Waals surface area contributed by atoms with E-state index in [2.05, 4.69) is 25.9 Å². The second-order valence-corrected chi connectivity index (χ2v) is 7.97. The highest BCUT2D eigenvalue weighted by Gasteiger charge is 2.21. The molecule has 0 spiro atoms. The summed E-state index contributed by atoms with van der Waals surface area (Å²) in [6.07, 6.45) is 2.94. The zero-order valence-corrected chi connectivity index (χ0v) is 19.4. The first-order valence-corrected chi connectivity index (χ1v) is 10.3. The first-order valence-electron chi connectivity index (χ1n) is 8.79. The number of nitro groups is 1. The molecule has 0 amide bonds. The second kappa shape index (κ2) is 10.0. The number of hydrogen-bond acceptors (Lipinski definition) is 7. The minimum Gasteiger partial charge on any atom is -0.493 e. The van der Waals surface area contributed by atoms with E-state index in [0.29, 0.717) is 31.6 Å². The van der Waals surface area contributed by atoms with Gasteiger partial charge in [0.25, 0.3) is 5.88 Å². The topological polar surface area (TPSA) is 128 Å². The standard InChI is InChI=1S/C20H14BrCl2N3O6/c1-31-15-7-10(2-5-16-24-19(27)17(26(29)30)20(28)25-16)6-13(21)18(15)32-9-11-3-4-12(22)8-14(11)23/h2-8H,9H2,1H3,(H2,24,25,27,28). The van der Waals surface area contributed by atoms with Crippen LogP contribution in [0.4, 0.5) is 5.69 Å². The van der Waals surface area contributed by atoms with Gasteiger partial charge >= 0.3 is 11.2 Å². The first kappa shape index (κ1) is 23.6. The van der Waals surface area contributed by atoms with Gasteiger partial charge < -0.3 is 19.6 Å². The lowest BCUT2D eigenvalue weighted by Gasteiger charge is -2.14. The van der Waals surface area contributed by atoms with Crippen LogP contribution in [0, 0.1) is 10.1 Å². The van der Waals surface area contributed by atoms with Gasteiger partial charge in [0.15, 0.2) is 11.5 Å². The maximum Gasteiger partial charge on any atom is 0.395 e. The zero-order valence-electron chi connectivity index (χ0n) is 16.3. The summed E-state index contributed by atoms with van der Waals surface area (Å²) >= 11 is 15.5. The third-order valence-electron chi connectivity index (χ3n) is 4.15. The van der Waals surface area contributed by atoms with Crippen molar-refractivity contribution in [1.29, 1.82) is 0 Å². The van der Waals surface area contributed by atoms with Gasteiger partial charge in [-0.25, -0.2) is 0 Å². The second-order valence-electron chi connectivity index (χ2n) is 6.27. The highest BCUT2D eigenvalue weighted by molar-refractivity contribution is 9.10. The van der Waals surface area contributed by atoms with Crippen LogP contribution in [0.3, 0.4) is 0 Å². The quantitative estimate of drug-likeness (QED) is 0.309. The minimum absolute atomic E-state index is 0.0640. The zero-order chi connectivity index (χ0) is 23.4. The van der Waals surface area contributed by atoms with Crippen molar-refractivity contribution in [2.75, 3.05) is 7.11 Å². The van der Waals surface area contributed by atoms with Gasteiger partial charge in [-0.2, -0.15) is 4.98 Å². The Morgan fingerprint density at radius 2 is 2.03 bits per heavy atom. The van der Waals surface area contributed by atoms with Gasteiger partial charge in [0.05, 0.1) is 16.5 Å². The molecule has 2 aromatic carbocycles. The molecule has 0 saturated heterocycles. The molecule has 166 valence electrons. The number of methoxy groups -OCH3 is 1. The molecule has 3 rings (SSSR count). The summed E-state index contributed by atoms with van der Waals surface area (Å²) in [5.74, 6) is -0.181. The number of halogens is 3. The molecule has 9 nitrogen and oxygen atoms in total. The molecule has 1 aromatic heterocycles. The predicted molar refractivity (Wildman–Crippen MR) is 124 cm³/mol. The van der Waals surface area contributed by atoms with E-state index in [1.165, 1.54) is 13.2 Å². The van der Waals surface area contributed by atoms with Gasteiger partial charge in [-0.15, -0.1) is 0 Å². The Hall–Kier alpha value is -3.08. The highest BCUT2D eigenvalue weighted by atomic mass is 79.9.